The molecule has 24 heavy (non-hydrogen) atoms. The molecule has 0 rings (SSSR count). The molecule has 0 fully saturated rings. The van der Waals surface area contributed by atoms with E-state index < -0.39 is 0 Å². The SMILES string of the molecule is CCCCCCCCCCCCCCCCCCNC(=O)CCI. The van der Waals surface area contributed by atoms with Crippen LogP contribution in [-0.4, -0.2) is 16.9 Å². The fraction of sp³-hybridized carbons (Fsp3) is 0.952. The summed E-state index contributed by atoms with van der Waals surface area (Å²) in [4.78, 5) is 11.3. The number of nitrogens with one attached hydrogen (secondary N) is 1. The van der Waals surface area contributed by atoms with Gasteiger partial charge < -0.3 is 5.32 Å². The molecule has 0 radical (unpaired) electrons. The average molecular weight is 451 g/mol. The largest absolute Gasteiger partial charge is 0.356 e. The van der Waals surface area contributed by atoms with Gasteiger partial charge in [0.2, 0.25) is 5.91 Å². The van der Waals surface area contributed by atoms with Crippen LogP contribution >= 0.6 is 22.6 Å². The second-order valence-corrected chi connectivity index (χ2v) is 8.17. The van der Waals surface area contributed by atoms with Crippen molar-refractivity contribution in [1.82, 2.24) is 5.32 Å². The summed E-state index contributed by atoms with van der Waals surface area (Å²) in [5, 5.41) is 2.99. The standard InChI is InChI=1S/C21H42INO/c1-2-3-4-5-6-7-8-9-10-11-12-13-14-15-16-17-20-23-21(24)18-19-22/h2-20H2,1H3,(H,23,24). The molecular weight excluding hydrogens is 409 g/mol. The number of hydrogen-bond acceptors (Lipinski definition) is 1. The van der Waals surface area contributed by atoms with Crippen molar-refractivity contribution in [1.29, 1.82) is 0 Å². The third-order valence-corrected chi connectivity index (χ3v) is 5.21. The zero-order valence-electron chi connectivity index (χ0n) is 16.2. The quantitative estimate of drug-likeness (QED) is 0.126. The number of unbranched alkanes of at least 4 members (excludes halogenated alkanes) is 15. The maximum Gasteiger partial charge on any atom is 0.220 e. The summed E-state index contributed by atoms with van der Waals surface area (Å²) in [5.41, 5.74) is 0. The van der Waals surface area contributed by atoms with Crippen molar-refractivity contribution >= 4 is 28.5 Å². The van der Waals surface area contributed by atoms with E-state index in [4.69, 9.17) is 0 Å². The molecule has 2 nitrogen and oxygen atoms in total. The van der Waals surface area contributed by atoms with Crippen LogP contribution in [0.25, 0.3) is 0 Å². The Kier molecular flexibility index (Phi) is 21.4. The second kappa shape index (κ2) is 21.2. The van der Waals surface area contributed by atoms with Gasteiger partial charge in [-0.05, 0) is 6.42 Å². The molecule has 0 saturated carbocycles. The Balaban J connectivity index is 3.01. The van der Waals surface area contributed by atoms with Gasteiger partial charge in [0.25, 0.3) is 0 Å². The number of hydrogen-bond donors (Lipinski definition) is 1. The Labute approximate surface area is 165 Å². The normalized spacial score (nSPS) is 10.9. The fourth-order valence-electron chi connectivity index (χ4n) is 3.08. The van der Waals surface area contributed by atoms with Crippen LogP contribution in [0.15, 0.2) is 0 Å². The lowest BCUT2D eigenvalue weighted by Gasteiger charge is -2.05. The highest BCUT2D eigenvalue weighted by Crippen LogP contribution is 2.13. The Morgan fingerprint density at radius 2 is 1.04 bits per heavy atom. The molecule has 1 N–H and O–H groups in total. The first-order valence-electron chi connectivity index (χ1n) is 10.6. The maximum absolute atomic E-state index is 11.3. The van der Waals surface area contributed by atoms with Crippen LogP contribution in [0.1, 0.15) is 116 Å². The number of amides is 1. The van der Waals surface area contributed by atoms with E-state index in [2.05, 4.69) is 34.8 Å². The van der Waals surface area contributed by atoms with Gasteiger partial charge in [-0.2, -0.15) is 0 Å². The van der Waals surface area contributed by atoms with Crippen LogP contribution in [-0.2, 0) is 4.79 Å². The average Bonchev–Trinajstić information content (AvgIpc) is 2.58. The number of alkyl halides is 1. The van der Waals surface area contributed by atoms with Crippen LogP contribution < -0.4 is 5.32 Å². The lowest BCUT2D eigenvalue weighted by molar-refractivity contribution is -0.120. The molecule has 0 aromatic carbocycles. The molecule has 1 amide bonds. The predicted molar refractivity (Wildman–Crippen MR) is 116 cm³/mol. The topological polar surface area (TPSA) is 29.1 Å². The van der Waals surface area contributed by atoms with Gasteiger partial charge in [-0.15, -0.1) is 0 Å². The number of carbonyl (C=O) groups excluding carboxylic acids is 1. The third-order valence-electron chi connectivity index (χ3n) is 4.67. The molecule has 0 saturated heterocycles. The first kappa shape index (κ1) is 24.2. The summed E-state index contributed by atoms with van der Waals surface area (Å²) in [5.74, 6) is 0.213. The minimum Gasteiger partial charge on any atom is -0.356 e. The summed E-state index contributed by atoms with van der Waals surface area (Å²) in [6.45, 7) is 3.15. The van der Waals surface area contributed by atoms with E-state index in [9.17, 15) is 4.79 Å². The van der Waals surface area contributed by atoms with Crippen LogP contribution in [0.5, 0.6) is 0 Å². The van der Waals surface area contributed by atoms with Gasteiger partial charge >= 0.3 is 0 Å². The number of halogens is 1. The fourth-order valence-corrected chi connectivity index (χ4v) is 3.57. The van der Waals surface area contributed by atoms with Crippen LogP contribution in [0.4, 0.5) is 0 Å². The highest BCUT2D eigenvalue weighted by atomic mass is 127. The number of rotatable bonds is 19. The van der Waals surface area contributed by atoms with Crippen molar-refractivity contribution in [2.45, 2.75) is 116 Å². The third kappa shape index (κ3) is 20.2. The predicted octanol–water partition coefficient (Wildman–Crippen LogP) is 7.19. The highest BCUT2D eigenvalue weighted by Gasteiger charge is 1.98. The van der Waals surface area contributed by atoms with Crippen molar-refractivity contribution in [2.24, 2.45) is 0 Å². The summed E-state index contributed by atoms with van der Waals surface area (Å²) in [6, 6.07) is 0. The van der Waals surface area contributed by atoms with Crippen LogP contribution in [0, 0.1) is 0 Å². The molecule has 144 valence electrons. The molecular formula is C21H42INO. The van der Waals surface area contributed by atoms with E-state index in [-0.39, 0.29) is 5.91 Å². The molecule has 0 aliphatic heterocycles. The summed E-state index contributed by atoms with van der Waals surface area (Å²) in [6.07, 6.45) is 23.0. The Hall–Kier alpha value is 0.200. The lowest BCUT2D eigenvalue weighted by Crippen LogP contribution is -2.24. The van der Waals surface area contributed by atoms with Crippen molar-refractivity contribution in [3.8, 4) is 0 Å². The van der Waals surface area contributed by atoms with Gasteiger partial charge in [-0.3, -0.25) is 4.79 Å². The summed E-state index contributed by atoms with van der Waals surface area (Å²) >= 11 is 2.25. The first-order valence-corrected chi connectivity index (χ1v) is 12.2. The summed E-state index contributed by atoms with van der Waals surface area (Å²) in [7, 11) is 0. The molecule has 0 heterocycles. The van der Waals surface area contributed by atoms with Crippen molar-refractivity contribution < 1.29 is 4.79 Å². The Morgan fingerprint density at radius 1 is 0.667 bits per heavy atom. The van der Waals surface area contributed by atoms with Gasteiger partial charge in [0.15, 0.2) is 0 Å². The Morgan fingerprint density at radius 3 is 1.42 bits per heavy atom. The minimum atomic E-state index is 0.213. The zero-order chi connectivity index (χ0) is 17.7. The molecule has 0 aromatic heterocycles. The van der Waals surface area contributed by atoms with Crippen molar-refractivity contribution in [2.75, 3.05) is 11.0 Å². The van der Waals surface area contributed by atoms with Gasteiger partial charge in [0.1, 0.15) is 0 Å². The van der Waals surface area contributed by atoms with Crippen LogP contribution in [0.3, 0.4) is 0 Å². The van der Waals surface area contributed by atoms with E-state index in [0.29, 0.717) is 6.42 Å². The zero-order valence-corrected chi connectivity index (χ0v) is 18.4. The molecule has 0 bridgehead atoms. The first-order chi connectivity index (χ1) is 11.8. The molecule has 0 aromatic rings. The van der Waals surface area contributed by atoms with Gasteiger partial charge in [0.05, 0.1) is 0 Å². The molecule has 0 atom stereocenters. The second-order valence-electron chi connectivity index (χ2n) is 7.09. The monoisotopic (exact) mass is 451 g/mol. The van der Waals surface area contributed by atoms with Crippen LogP contribution in [0.2, 0.25) is 0 Å². The van der Waals surface area contributed by atoms with Crippen molar-refractivity contribution in [3.63, 3.8) is 0 Å². The molecule has 0 aliphatic carbocycles. The highest BCUT2D eigenvalue weighted by molar-refractivity contribution is 14.1. The van der Waals surface area contributed by atoms with E-state index >= 15 is 0 Å². The van der Waals surface area contributed by atoms with E-state index in [1.165, 1.54) is 96.3 Å². The van der Waals surface area contributed by atoms with Gasteiger partial charge in [0, 0.05) is 17.4 Å². The van der Waals surface area contributed by atoms with E-state index in [1.54, 1.807) is 0 Å². The molecule has 0 unspecified atom stereocenters. The molecule has 3 heteroatoms. The lowest BCUT2D eigenvalue weighted by atomic mass is 10.0. The maximum atomic E-state index is 11.3. The van der Waals surface area contributed by atoms with E-state index in [1.807, 2.05) is 0 Å². The summed E-state index contributed by atoms with van der Waals surface area (Å²) < 4.78 is 0.919. The molecule has 0 aliphatic rings. The molecule has 0 spiro atoms. The Bertz CT molecular complexity index is 258. The number of carbonyl (C=O) groups is 1. The van der Waals surface area contributed by atoms with Gasteiger partial charge in [-0.25, -0.2) is 0 Å². The minimum absolute atomic E-state index is 0.213. The van der Waals surface area contributed by atoms with Gasteiger partial charge in [-0.1, -0.05) is 126 Å². The van der Waals surface area contributed by atoms with Crippen molar-refractivity contribution in [3.05, 3.63) is 0 Å². The van der Waals surface area contributed by atoms with E-state index in [0.717, 1.165) is 17.4 Å². The smallest absolute Gasteiger partial charge is 0.220 e.